The molecule has 5 nitrogen and oxygen atoms in total. The van der Waals surface area contributed by atoms with Crippen LogP contribution in [0.2, 0.25) is 0 Å². The van der Waals surface area contributed by atoms with Gasteiger partial charge in [0.1, 0.15) is 6.04 Å². The number of carbonyl (C=O) groups is 3. The van der Waals surface area contributed by atoms with Gasteiger partial charge in [-0.25, -0.2) is 4.79 Å². The summed E-state index contributed by atoms with van der Waals surface area (Å²) in [6, 6.07) is 8.06. The molecule has 0 radical (unpaired) electrons. The molecule has 0 aliphatic carbocycles. The first-order chi connectivity index (χ1) is 10.1. The maximum absolute atomic E-state index is 12.2. The maximum atomic E-state index is 12.2. The predicted molar refractivity (Wildman–Crippen MR) is 83.7 cm³/mol. The molecule has 120 valence electrons. The summed E-state index contributed by atoms with van der Waals surface area (Å²) < 4.78 is 0. The minimum absolute atomic E-state index is 0.0210. The van der Waals surface area contributed by atoms with Crippen molar-refractivity contribution in [2.45, 2.75) is 39.7 Å². The minimum atomic E-state index is -1.05. The predicted octanol–water partition coefficient (Wildman–Crippen LogP) is 2.61. The van der Waals surface area contributed by atoms with E-state index in [1.165, 1.54) is 18.9 Å². The molecule has 1 rings (SSSR count). The molecule has 5 heteroatoms. The number of Topliss-reactive ketones (excluding diaryl/α,β-unsaturated/α-hetero) is 1. The third kappa shape index (κ3) is 4.98. The molecule has 1 aromatic rings. The Morgan fingerprint density at radius 3 is 2.18 bits per heavy atom. The lowest BCUT2D eigenvalue weighted by Crippen LogP contribution is -2.42. The molecule has 1 N–H and O–H groups in total. The number of nitrogens with zero attached hydrogens (tertiary/aromatic N) is 1. The molecule has 0 aliphatic heterocycles. The number of hydrogen-bond acceptors (Lipinski definition) is 3. The number of benzene rings is 1. The van der Waals surface area contributed by atoms with Crippen LogP contribution in [0, 0.1) is 5.41 Å². The van der Waals surface area contributed by atoms with E-state index < -0.39 is 17.4 Å². The average molecular weight is 305 g/mol. The van der Waals surface area contributed by atoms with E-state index in [9.17, 15) is 14.4 Å². The van der Waals surface area contributed by atoms with Crippen LogP contribution in [0.3, 0.4) is 0 Å². The van der Waals surface area contributed by atoms with Gasteiger partial charge in [0.25, 0.3) is 0 Å². The molecule has 1 atom stereocenters. The van der Waals surface area contributed by atoms with Crippen LogP contribution >= 0.6 is 0 Å². The lowest BCUT2D eigenvalue weighted by Gasteiger charge is -2.28. The number of carboxylic acid groups (broad SMARTS) is 1. The fourth-order valence-corrected chi connectivity index (χ4v) is 2.14. The zero-order valence-electron chi connectivity index (χ0n) is 13.5. The Labute approximate surface area is 130 Å². The Hall–Kier alpha value is -2.17. The smallest absolute Gasteiger partial charge is 0.326 e. The fourth-order valence-electron chi connectivity index (χ4n) is 2.14. The molecule has 1 aromatic carbocycles. The molecule has 0 heterocycles. The number of likely N-dealkylation sites (N-methyl/N-ethyl adjacent to an activating group) is 1. The molecule has 0 aromatic heterocycles. The van der Waals surface area contributed by atoms with Crippen LogP contribution in [0.25, 0.3) is 0 Å². The van der Waals surface area contributed by atoms with Gasteiger partial charge in [0.15, 0.2) is 5.78 Å². The summed E-state index contributed by atoms with van der Waals surface area (Å²) in [5.41, 5.74) is 0.0894. The van der Waals surface area contributed by atoms with Gasteiger partial charge in [-0.2, -0.15) is 0 Å². The van der Waals surface area contributed by atoms with Crippen molar-refractivity contribution in [2.24, 2.45) is 5.41 Å². The summed E-state index contributed by atoms with van der Waals surface area (Å²) in [4.78, 5) is 36.5. The molecule has 0 fully saturated rings. The molecule has 0 saturated heterocycles. The van der Waals surface area contributed by atoms with Gasteiger partial charge in [-0.15, -0.1) is 0 Å². The van der Waals surface area contributed by atoms with Crippen molar-refractivity contribution in [2.75, 3.05) is 7.05 Å². The highest BCUT2D eigenvalue weighted by atomic mass is 16.4. The van der Waals surface area contributed by atoms with E-state index in [1.54, 1.807) is 24.3 Å². The highest BCUT2D eigenvalue weighted by Crippen LogP contribution is 2.28. The number of ketones is 1. The number of carbonyl (C=O) groups excluding carboxylic acids is 2. The molecular formula is C17H23NO4. The first-order valence-electron chi connectivity index (χ1n) is 7.21. The van der Waals surface area contributed by atoms with Crippen molar-refractivity contribution in [1.29, 1.82) is 0 Å². The van der Waals surface area contributed by atoms with E-state index in [-0.39, 0.29) is 24.5 Å². The molecule has 0 spiro atoms. The number of amides is 1. The molecule has 0 aliphatic rings. The Morgan fingerprint density at radius 1 is 1.14 bits per heavy atom. The summed E-state index contributed by atoms with van der Waals surface area (Å²) >= 11 is 0. The third-order valence-corrected chi connectivity index (χ3v) is 3.70. The standard InChI is InChI=1S/C17H23NO4/c1-12(16(21)22)18(4)15(20)11-17(2,3)10-14(19)13-8-6-5-7-9-13/h5-9,12H,10-11H2,1-4H3,(H,21,22). The van der Waals surface area contributed by atoms with E-state index in [0.29, 0.717) is 5.56 Å². The summed E-state index contributed by atoms with van der Waals surface area (Å²) in [6.45, 7) is 5.14. The van der Waals surface area contributed by atoms with Gasteiger partial charge < -0.3 is 10.0 Å². The lowest BCUT2D eigenvalue weighted by atomic mass is 9.82. The maximum Gasteiger partial charge on any atom is 0.326 e. The van der Waals surface area contributed by atoms with Gasteiger partial charge in [0.2, 0.25) is 5.91 Å². The normalized spacial score (nSPS) is 12.5. The van der Waals surface area contributed by atoms with Crippen molar-refractivity contribution in [3.05, 3.63) is 35.9 Å². The van der Waals surface area contributed by atoms with E-state index in [1.807, 2.05) is 19.9 Å². The summed E-state index contributed by atoms with van der Waals surface area (Å²) in [5.74, 6) is -1.35. The quantitative estimate of drug-likeness (QED) is 0.786. The average Bonchev–Trinajstić information content (AvgIpc) is 2.45. The van der Waals surface area contributed by atoms with Gasteiger partial charge in [0.05, 0.1) is 0 Å². The van der Waals surface area contributed by atoms with Crippen molar-refractivity contribution in [3.63, 3.8) is 0 Å². The molecule has 1 unspecified atom stereocenters. The van der Waals surface area contributed by atoms with Gasteiger partial charge in [-0.1, -0.05) is 44.2 Å². The zero-order chi connectivity index (χ0) is 16.9. The molecule has 22 heavy (non-hydrogen) atoms. The molecule has 0 bridgehead atoms. The third-order valence-electron chi connectivity index (χ3n) is 3.70. The van der Waals surface area contributed by atoms with E-state index >= 15 is 0 Å². The van der Waals surface area contributed by atoms with Gasteiger partial charge in [0, 0.05) is 25.5 Å². The van der Waals surface area contributed by atoms with E-state index in [0.717, 1.165) is 0 Å². The number of rotatable bonds is 7. The Balaban J connectivity index is 2.69. The molecular weight excluding hydrogens is 282 g/mol. The number of hydrogen-bond donors (Lipinski definition) is 1. The summed E-state index contributed by atoms with van der Waals surface area (Å²) in [5, 5.41) is 8.95. The van der Waals surface area contributed by atoms with Gasteiger partial charge in [-0.05, 0) is 12.3 Å². The Morgan fingerprint density at radius 2 is 1.68 bits per heavy atom. The Bertz CT molecular complexity index is 551. The Kier molecular flexibility index (Phi) is 5.85. The monoisotopic (exact) mass is 305 g/mol. The summed E-state index contributed by atoms with van der Waals surface area (Å²) in [6.07, 6.45) is 0.359. The van der Waals surface area contributed by atoms with Crippen molar-refractivity contribution >= 4 is 17.7 Å². The minimum Gasteiger partial charge on any atom is -0.480 e. The number of carboxylic acids is 1. The van der Waals surface area contributed by atoms with Crippen LogP contribution in [-0.2, 0) is 9.59 Å². The SMILES string of the molecule is CC(C(=O)O)N(C)C(=O)CC(C)(C)CC(=O)c1ccccc1. The zero-order valence-corrected chi connectivity index (χ0v) is 13.5. The van der Waals surface area contributed by atoms with Crippen LogP contribution in [-0.4, -0.2) is 40.8 Å². The topological polar surface area (TPSA) is 74.7 Å². The second kappa shape index (κ2) is 7.20. The van der Waals surface area contributed by atoms with Crippen LogP contribution in [0.4, 0.5) is 0 Å². The van der Waals surface area contributed by atoms with Crippen molar-refractivity contribution < 1.29 is 19.5 Å². The summed E-state index contributed by atoms with van der Waals surface area (Å²) in [7, 11) is 1.47. The lowest BCUT2D eigenvalue weighted by molar-refractivity contribution is -0.149. The van der Waals surface area contributed by atoms with Crippen LogP contribution < -0.4 is 0 Å². The van der Waals surface area contributed by atoms with Crippen LogP contribution in [0.1, 0.15) is 44.0 Å². The fraction of sp³-hybridized carbons (Fsp3) is 0.471. The first-order valence-corrected chi connectivity index (χ1v) is 7.21. The first kappa shape index (κ1) is 17.9. The van der Waals surface area contributed by atoms with Crippen LogP contribution in [0.15, 0.2) is 30.3 Å². The van der Waals surface area contributed by atoms with Gasteiger partial charge in [-0.3, -0.25) is 9.59 Å². The number of aliphatic carboxylic acids is 1. The highest BCUT2D eigenvalue weighted by Gasteiger charge is 2.30. The van der Waals surface area contributed by atoms with Crippen molar-refractivity contribution in [3.8, 4) is 0 Å². The molecule has 0 saturated carbocycles. The second-order valence-electron chi connectivity index (χ2n) is 6.33. The molecule has 1 amide bonds. The van der Waals surface area contributed by atoms with E-state index in [4.69, 9.17) is 5.11 Å². The van der Waals surface area contributed by atoms with Crippen molar-refractivity contribution in [1.82, 2.24) is 4.90 Å². The second-order valence-corrected chi connectivity index (χ2v) is 6.33. The largest absolute Gasteiger partial charge is 0.480 e. The van der Waals surface area contributed by atoms with E-state index in [2.05, 4.69) is 0 Å². The van der Waals surface area contributed by atoms with Gasteiger partial charge >= 0.3 is 5.97 Å². The van der Waals surface area contributed by atoms with Crippen LogP contribution in [0.5, 0.6) is 0 Å². The highest BCUT2D eigenvalue weighted by molar-refractivity contribution is 5.96.